The first kappa shape index (κ1) is 17.3. The van der Waals surface area contributed by atoms with Gasteiger partial charge in [-0.2, -0.15) is 0 Å². The first-order valence-corrected chi connectivity index (χ1v) is 4.38. The predicted molar refractivity (Wildman–Crippen MR) is 23.5 cm³/mol. The zero-order valence-electron chi connectivity index (χ0n) is 4.75. The Hall–Kier alpha value is 0.180. The van der Waals surface area contributed by atoms with Crippen LogP contribution in [0.5, 0.6) is 0 Å². The minimum absolute atomic E-state index is 0. The topological polar surface area (TPSA) is 199 Å². The maximum absolute atomic E-state index is 9.32. The van der Waals surface area contributed by atoms with Crippen molar-refractivity contribution in [2.24, 2.45) is 0 Å². The molecular formula is H4O9P2-4. The zero-order chi connectivity index (χ0) is 7.71. The van der Waals surface area contributed by atoms with Crippen molar-refractivity contribution in [3.63, 3.8) is 0 Å². The molecule has 0 unspecified atom stereocenters. The lowest BCUT2D eigenvalue weighted by atomic mass is 15.7. The van der Waals surface area contributed by atoms with E-state index in [-0.39, 0.29) is 11.0 Å². The third-order valence-corrected chi connectivity index (χ3v) is 1.80. The van der Waals surface area contributed by atoms with Crippen molar-refractivity contribution >= 4 is 15.6 Å². The zero-order valence-corrected chi connectivity index (χ0v) is 6.54. The number of hydrogen-bond donors (Lipinski definition) is 0. The minimum Gasteiger partial charge on any atom is -0.790 e. The Morgan fingerprint density at radius 1 is 0.818 bits per heavy atom. The molecule has 11 heteroatoms. The molecule has 0 aliphatic carbocycles. The van der Waals surface area contributed by atoms with E-state index in [1.807, 2.05) is 0 Å². The van der Waals surface area contributed by atoms with E-state index in [1.54, 1.807) is 0 Å². The molecule has 0 rings (SSSR count). The monoisotopic (exact) mass is 210 g/mol. The number of hydrogen-bond acceptors (Lipinski definition) is 7. The molecule has 0 radical (unpaired) electrons. The summed E-state index contributed by atoms with van der Waals surface area (Å²) < 4.78 is 21.2. The van der Waals surface area contributed by atoms with Gasteiger partial charge in [-0.15, -0.1) is 0 Å². The van der Waals surface area contributed by atoms with E-state index in [1.165, 1.54) is 0 Å². The van der Waals surface area contributed by atoms with E-state index >= 15 is 0 Å². The lowest BCUT2D eigenvalue weighted by Crippen LogP contribution is -2.23. The first-order valence-electron chi connectivity index (χ1n) is 1.46. The van der Waals surface area contributed by atoms with E-state index in [9.17, 15) is 28.7 Å². The molecule has 0 aromatic heterocycles. The summed E-state index contributed by atoms with van der Waals surface area (Å²) in [5.41, 5.74) is 0. The average molecular weight is 210 g/mol. The fraction of sp³-hybridized carbons (Fsp3) is 0. The van der Waals surface area contributed by atoms with Crippen LogP contribution in [0.3, 0.4) is 0 Å². The maximum atomic E-state index is 9.32. The van der Waals surface area contributed by atoms with Crippen LogP contribution in [0, 0.1) is 0 Å². The van der Waals surface area contributed by atoms with Crippen LogP contribution < -0.4 is 19.6 Å². The van der Waals surface area contributed by atoms with Crippen LogP contribution in [0.25, 0.3) is 0 Å². The highest BCUT2D eigenvalue weighted by Gasteiger charge is 1.92. The van der Waals surface area contributed by atoms with Gasteiger partial charge in [-0.1, -0.05) is 0 Å². The summed E-state index contributed by atoms with van der Waals surface area (Å²) in [6.45, 7) is 0. The fourth-order valence-corrected chi connectivity index (χ4v) is 1.10. The van der Waals surface area contributed by atoms with E-state index < -0.39 is 15.6 Å². The summed E-state index contributed by atoms with van der Waals surface area (Å²) in [5.74, 6) is 0. The average Bonchev–Trinajstić information content (AvgIpc) is 1.14. The highest BCUT2D eigenvalue weighted by molar-refractivity contribution is 7.57. The standard InChI is InChI=1S/H4O7P2.2H2O/c1-8(2,3)7-9(4,5)6;;/h(H2,1,2,3)(H2,4,5,6);2*1H2/p-4. The van der Waals surface area contributed by atoms with Gasteiger partial charge >= 0.3 is 0 Å². The van der Waals surface area contributed by atoms with E-state index in [0.717, 1.165) is 0 Å². The molecule has 4 N–H and O–H groups in total. The Morgan fingerprint density at radius 2 is 1.00 bits per heavy atom. The lowest BCUT2D eigenvalue weighted by Gasteiger charge is -2.39. The van der Waals surface area contributed by atoms with Gasteiger partial charge in [-0.25, -0.2) is 0 Å². The summed E-state index contributed by atoms with van der Waals surface area (Å²) in [6, 6.07) is 0. The quantitative estimate of drug-likeness (QED) is 0.405. The first-order chi connectivity index (χ1) is 3.71. The van der Waals surface area contributed by atoms with Gasteiger partial charge in [0.1, 0.15) is 0 Å². The Labute approximate surface area is 60.7 Å². The van der Waals surface area contributed by atoms with Crippen molar-refractivity contribution < 1.29 is 44.0 Å². The molecule has 0 aromatic rings. The Bertz CT molecular complexity index is 148. The molecule has 72 valence electrons. The Morgan fingerprint density at radius 3 is 1.00 bits per heavy atom. The van der Waals surface area contributed by atoms with Gasteiger partial charge in [-0.05, 0) is 0 Å². The largest absolute Gasteiger partial charge is 0.790 e. The summed E-state index contributed by atoms with van der Waals surface area (Å²) in [7, 11) is -11.4. The highest BCUT2D eigenvalue weighted by atomic mass is 31.3. The van der Waals surface area contributed by atoms with Crippen molar-refractivity contribution in [2.75, 3.05) is 0 Å². The third kappa shape index (κ3) is 17.8. The fourth-order valence-electron chi connectivity index (χ4n) is 0.122. The molecule has 0 saturated heterocycles. The molecule has 0 amide bonds. The molecule has 0 aliphatic heterocycles. The number of phosphoric acid groups is 2. The molecule has 0 bridgehead atoms. The van der Waals surface area contributed by atoms with Crippen LogP contribution in [-0.4, -0.2) is 11.0 Å². The van der Waals surface area contributed by atoms with E-state index in [4.69, 9.17) is 0 Å². The highest BCUT2D eigenvalue weighted by Crippen LogP contribution is 2.42. The number of rotatable bonds is 2. The van der Waals surface area contributed by atoms with Gasteiger partial charge in [0.15, 0.2) is 0 Å². The van der Waals surface area contributed by atoms with Crippen LogP contribution in [0.2, 0.25) is 0 Å². The minimum atomic E-state index is -5.68. The third-order valence-electron chi connectivity index (χ3n) is 0.200. The molecule has 0 spiro atoms. The van der Waals surface area contributed by atoms with Gasteiger partial charge in [0.05, 0.1) is 15.6 Å². The maximum Gasteiger partial charge on any atom is 0.0655 e. The molecule has 0 atom stereocenters. The lowest BCUT2D eigenvalue weighted by molar-refractivity contribution is -0.364. The van der Waals surface area contributed by atoms with Crippen molar-refractivity contribution in [1.29, 1.82) is 0 Å². The van der Waals surface area contributed by atoms with Crippen molar-refractivity contribution in [3.8, 4) is 0 Å². The molecule has 0 aromatic carbocycles. The van der Waals surface area contributed by atoms with Crippen molar-refractivity contribution in [2.45, 2.75) is 0 Å². The second-order valence-electron chi connectivity index (χ2n) is 0.976. The molecule has 0 fully saturated rings. The van der Waals surface area contributed by atoms with Crippen LogP contribution in [-0.2, 0) is 13.4 Å². The summed E-state index contributed by atoms with van der Waals surface area (Å²) in [4.78, 5) is 37.3. The second-order valence-corrected chi connectivity index (χ2v) is 3.42. The molecule has 9 nitrogen and oxygen atoms in total. The summed E-state index contributed by atoms with van der Waals surface area (Å²) >= 11 is 0. The van der Waals surface area contributed by atoms with Gasteiger partial charge in [0.25, 0.3) is 0 Å². The molecule has 11 heavy (non-hydrogen) atoms. The van der Waals surface area contributed by atoms with Gasteiger partial charge in [-0.3, -0.25) is 0 Å². The smallest absolute Gasteiger partial charge is 0.0655 e. The van der Waals surface area contributed by atoms with Gasteiger partial charge < -0.3 is 44.0 Å². The second kappa shape index (κ2) is 4.94. The van der Waals surface area contributed by atoms with Gasteiger partial charge in [0, 0.05) is 0 Å². The Balaban J connectivity index is -0.000000320. The van der Waals surface area contributed by atoms with Gasteiger partial charge in [0.2, 0.25) is 0 Å². The van der Waals surface area contributed by atoms with Crippen LogP contribution in [0.4, 0.5) is 0 Å². The summed E-state index contributed by atoms with van der Waals surface area (Å²) in [5, 5.41) is 0. The predicted octanol–water partition coefficient (Wildman–Crippen LogP) is -4.99. The van der Waals surface area contributed by atoms with Crippen LogP contribution in [0.1, 0.15) is 0 Å². The SMILES string of the molecule is O.O.O=P([O-])([O-])OP(=O)([O-])[O-]. The molecule has 0 aliphatic rings. The van der Waals surface area contributed by atoms with Crippen molar-refractivity contribution in [3.05, 3.63) is 0 Å². The van der Waals surface area contributed by atoms with E-state index in [2.05, 4.69) is 4.31 Å². The Kier molecular flexibility index (Phi) is 7.77. The molecule has 0 heterocycles. The van der Waals surface area contributed by atoms with E-state index in [0.29, 0.717) is 0 Å². The summed E-state index contributed by atoms with van der Waals surface area (Å²) in [6.07, 6.45) is 0. The molecule has 0 saturated carbocycles. The molecular weight excluding hydrogens is 206 g/mol. The van der Waals surface area contributed by atoms with Crippen molar-refractivity contribution in [1.82, 2.24) is 0 Å². The normalized spacial score (nSPS) is 11.3. The van der Waals surface area contributed by atoms with Crippen LogP contribution >= 0.6 is 15.6 Å². The van der Waals surface area contributed by atoms with Crippen LogP contribution in [0.15, 0.2) is 0 Å².